The number of benzene rings is 2. The molecule has 0 saturated heterocycles. The van der Waals surface area contributed by atoms with Crippen LogP contribution in [0.3, 0.4) is 0 Å². The van der Waals surface area contributed by atoms with Crippen LogP contribution in [0.2, 0.25) is 0 Å². The Kier molecular flexibility index (Phi) is 4.28. The predicted octanol–water partition coefficient (Wildman–Crippen LogP) is 3.28. The molecule has 0 unspecified atom stereocenters. The van der Waals surface area contributed by atoms with Gasteiger partial charge in [-0.15, -0.1) is 0 Å². The fourth-order valence-corrected chi connectivity index (χ4v) is 3.75. The van der Waals surface area contributed by atoms with Crippen LogP contribution < -0.4 is 4.74 Å². The van der Waals surface area contributed by atoms with Crippen molar-refractivity contribution in [2.75, 3.05) is 7.11 Å². The standard InChI is InChI=1S/C23H18N4O3/c1-30-16-9-10-19-20(12-16)26(13-15-6-4-5-11-24-15)21(25-19)14-27-22(28)17-7-2-3-8-18(17)23(27)29/h2-12H,13-14H2,1H3. The number of pyridine rings is 1. The van der Waals surface area contributed by atoms with Gasteiger partial charge in [-0.05, 0) is 36.4 Å². The summed E-state index contributed by atoms with van der Waals surface area (Å²) in [6.45, 7) is 0.541. The average molecular weight is 398 g/mol. The maximum atomic E-state index is 12.8. The number of amides is 2. The highest BCUT2D eigenvalue weighted by molar-refractivity contribution is 6.21. The van der Waals surface area contributed by atoms with Crippen molar-refractivity contribution >= 4 is 22.8 Å². The van der Waals surface area contributed by atoms with Crippen molar-refractivity contribution in [1.82, 2.24) is 19.4 Å². The summed E-state index contributed by atoms with van der Waals surface area (Å²) in [5.41, 5.74) is 3.32. The first-order chi connectivity index (χ1) is 14.7. The molecule has 7 heteroatoms. The van der Waals surface area contributed by atoms with Gasteiger partial charge < -0.3 is 9.30 Å². The highest BCUT2D eigenvalue weighted by Crippen LogP contribution is 2.27. The summed E-state index contributed by atoms with van der Waals surface area (Å²) in [5.74, 6) is 0.713. The Morgan fingerprint density at radius 2 is 1.63 bits per heavy atom. The van der Waals surface area contributed by atoms with E-state index < -0.39 is 0 Å². The Morgan fingerprint density at radius 1 is 0.900 bits per heavy atom. The average Bonchev–Trinajstić information content (AvgIpc) is 3.24. The first-order valence-electron chi connectivity index (χ1n) is 9.54. The minimum absolute atomic E-state index is 0.0795. The molecule has 2 amide bonds. The van der Waals surface area contributed by atoms with Crippen molar-refractivity contribution in [3.63, 3.8) is 0 Å². The van der Waals surface area contributed by atoms with Crippen molar-refractivity contribution in [3.05, 3.63) is 89.5 Å². The summed E-state index contributed by atoms with van der Waals surface area (Å²) in [6.07, 6.45) is 1.73. The Balaban J connectivity index is 1.58. The van der Waals surface area contributed by atoms with Gasteiger partial charge in [0.15, 0.2) is 0 Å². The van der Waals surface area contributed by atoms with Crippen LogP contribution in [-0.2, 0) is 13.1 Å². The first kappa shape index (κ1) is 18.1. The zero-order valence-corrected chi connectivity index (χ0v) is 16.3. The summed E-state index contributed by atoms with van der Waals surface area (Å²) in [7, 11) is 1.61. The minimum Gasteiger partial charge on any atom is -0.497 e. The molecular weight excluding hydrogens is 380 g/mol. The number of imidazole rings is 1. The van der Waals surface area contributed by atoms with Crippen LogP contribution in [0.25, 0.3) is 11.0 Å². The topological polar surface area (TPSA) is 77.3 Å². The second-order valence-corrected chi connectivity index (χ2v) is 7.03. The lowest BCUT2D eigenvalue weighted by atomic mass is 10.1. The van der Waals surface area contributed by atoms with Crippen LogP contribution in [0.15, 0.2) is 66.9 Å². The van der Waals surface area contributed by atoms with E-state index in [0.29, 0.717) is 29.2 Å². The van der Waals surface area contributed by atoms with E-state index in [4.69, 9.17) is 9.72 Å². The van der Waals surface area contributed by atoms with Crippen molar-refractivity contribution in [3.8, 4) is 5.75 Å². The summed E-state index contributed by atoms with van der Waals surface area (Å²) in [5, 5.41) is 0. The maximum absolute atomic E-state index is 12.8. The van der Waals surface area contributed by atoms with Crippen molar-refractivity contribution < 1.29 is 14.3 Å². The molecule has 1 aliphatic heterocycles. The lowest BCUT2D eigenvalue weighted by molar-refractivity contribution is 0.0637. The van der Waals surface area contributed by atoms with E-state index in [1.165, 1.54) is 4.90 Å². The molecule has 0 aliphatic carbocycles. The number of hydrogen-bond acceptors (Lipinski definition) is 5. The van der Waals surface area contributed by atoms with Crippen LogP contribution in [0.1, 0.15) is 32.2 Å². The van der Waals surface area contributed by atoms with Crippen LogP contribution in [0.4, 0.5) is 0 Å². The van der Waals surface area contributed by atoms with Gasteiger partial charge >= 0.3 is 0 Å². The van der Waals surface area contributed by atoms with E-state index in [0.717, 1.165) is 16.7 Å². The van der Waals surface area contributed by atoms with E-state index in [-0.39, 0.29) is 18.4 Å². The molecule has 30 heavy (non-hydrogen) atoms. The smallest absolute Gasteiger partial charge is 0.261 e. The van der Waals surface area contributed by atoms with E-state index >= 15 is 0 Å². The fraction of sp³-hybridized carbons (Fsp3) is 0.130. The van der Waals surface area contributed by atoms with Crippen LogP contribution in [0.5, 0.6) is 5.75 Å². The molecule has 2 aromatic carbocycles. The lowest BCUT2D eigenvalue weighted by Crippen LogP contribution is -2.30. The Labute approximate surface area is 172 Å². The third-order valence-electron chi connectivity index (χ3n) is 5.26. The fourth-order valence-electron chi connectivity index (χ4n) is 3.75. The SMILES string of the molecule is COc1ccc2nc(CN3C(=O)c4ccccc4C3=O)n(Cc3ccccn3)c2c1. The normalized spacial score (nSPS) is 13.2. The molecule has 148 valence electrons. The number of nitrogens with zero attached hydrogens (tertiary/aromatic N) is 4. The molecule has 3 heterocycles. The van der Waals surface area contributed by atoms with E-state index in [1.54, 1.807) is 37.6 Å². The molecule has 1 aliphatic rings. The molecule has 0 atom stereocenters. The van der Waals surface area contributed by atoms with Gasteiger partial charge in [0.05, 0.1) is 48.1 Å². The Hall–Kier alpha value is -4.00. The summed E-state index contributed by atoms with van der Waals surface area (Å²) in [4.78, 5) is 36.0. The minimum atomic E-state index is -0.301. The maximum Gasteiger partial charge on any atom is 0.261 e. The Morgan fingerprint density at radius 3 is 2.30 bits per heavy atom. The van der Waals surface area contributed by atoms with Gasteiger partial charge in [-0.1, -0.05) is 18.2 Å². The molecule has 0 saturated carbocycles. The quantitative estimate of drug-likeness (QED) is 0.482. The van der Waals surface area contributed by atoms with E-state index in [1.807, 2.05) is 41.0 Å². The molecule has 7 nitrogen and oxygen atoms in total. The first-order valence-corrected chi connectivity index (χ1v) is 9.54. The molecule has 0 bridgehead atoms. The Bertz CT molecular complexity index is 1250. The predicted molar refractivity (Wildman–Crippen MR) is 110 cm³/mol. The van der Waals surface area contributed by atoms with Crippen LogP contribution in [-0.4, -0.2) is 38.4 Å². The highest BCUT2D eigenvalue weighted by Gasteiger charge is 2.36. The molecule has 2 aromatic heterocycles. The molecule has 4 aromatic rings. The van der Waals surface area contributed by atoms with Gasteiger partial charge in [-0.25, -0.2) is 4.98 Å². The van der Waals surface area contributed by atoms with Crippen LogP contribution >= 0.6 is 0 Å². The van der Waals surface area contributed by atoms with Crippen molar-refractivity contribution in [1.29, 1.82) is 0 Å². The van der Waals surface area contributed by atoms with Gasteiger partial charge in [-0.2, -0.15) is 0 Å². The third-order valence-corrected chi connectivity index (χ3v) is 5.26. The zero-order chi connectivity index (χ0) is 20.7. The number of rotatable bonds is 5. The van der Waals surface area contributed by atoms with Gasteiger partial charge in [-0.3, -0.25) is 19.5 Å². The van der Waals surface area contributed by atoms with Crippen molar-refractivity contribution in [2.45, 2.75) is 13.1 Å². The molecule has 0 spiro atoms. The highest BCUT2D eigenvalue weighted by atomic mass is 16.5. The van der Waals surface area contributed by atoms with Gasteiger partial charge in [0.1, 0.15) is 11.6 Å². The second kappa shape index (κ2) is 7.11. The second-order valence-electron chi connectivity index (χ2n) is 7.03. The van der Waals surface area contributed by atoms with Crippen molar-refractivity contribution in [2.24, 2.45) is 0 Å². The molecule has 0 fully saturated rings. The number of aromatic nitrogens is 3. The zero-order valence-electron chi connectivity index (χ0n) is 16.3. The summed E-state index contributed by atoms with van der Waals surface area (Å²) < 4.78 is 7.35. The van der Waals surface area contributed by atoms with E-state index in [9.17, 15) is 9.59 Å². The lowest BCUT2D eigenvalue weighted by Gasteiger charge is -2.15. The van der Waals surface area contributed by atoms with Gasteiger partial charge in [0, 0.05) is 12.3 Å². The van der Waals surface area contributed by atoms with Crippen LogP contribution in [0, 0.1) is 0 Å². The summed E-state index contributed by atoms with van der Waals surface area (Å²) in [6, 6.07) is 18.2. The van der Waals surface area contributed by atoms with E-state index in [2.05, 4.69) is 4.98 Å². The molecular formula is C23H18N4O3. The molecule has 0 N–H and O–H groups in total. The van der Waals surface area contributed by atoms with Gasteiger partial charge in [0.25, 0.3) is 11.8 Å². The monoisotopic (exact) mass is 398 g/mol. The largest absolute Gasteiger partial charge is 0.497 e. The number of carbonyl (C=O) groups is 2. The van der Waals surface area contributed by atoms with Gasteiger partial charge in [0.2, 0.25) is 0 Å². The number of carbonyl (C=O) groups excluding carboxylic acids is 2. The number of imide groups is 1. The number of ether oxygens (including phenoxy) is 1. The number of hydrogen-bond donors (Lipinski definition) is 0. The molecule has 0 radical (unpaired) electrons. The number of fused-ring (bicyclic) bond motifs is 2. The summed E-state index contributed by atoms with van der Waals surface area (Å²) >= 11 is 0. The number of methoxy groups -OCH3 is 1. The molecule has 5 rings (SSSR count). The third kappa shape index (κ3) is 2.91.